The topological polar surface area (TPSA) is 58.4 Å². The number of carbonyl (C=O) groups is 1. The minimum absolute atomic E-state index is 0.0113. The van der Waals surface area contributed by atoms with Crippen molar-refractivity contribution in [1.29, 1.82) is 0 Å². The molecule has 2 rings (SSSR count). The van der Waals surface area contributed by atoms with Crippen molar-refractivity contribution in [2.45, 2.75) is 38.8 Å². The molecule has 19 heavy (non-hydrogen) atoms. The zero-order valence-electron chi connectivity index (χ0n) is 11.7. The molecular weight excluding hydrogens is 262 g/mol. The average molecular weight is 282 g/mol. The van der Waals surface area contributed by atoms with Gasteiger partial charge in [0.2, 0.25) is 5.91 Å². The van der Waals surface area contributed by atoms with Crippen molar-refractivity contribution in [1.82, 2.24) is 0 Å². The van der Waals surface area contributed by atoms with E-state index in [9.17, 15) is 4.79 Å². The molecule has 3 N–H and O–H groups in total. The van der Waals surface area contributed by atoms with Gasteiger partial charge in [0.1, 0.15) is 6.04 Å². The number of carbonyl (C=O) groups excluding carboxylic acids is 1. The third-order valence-corrected chi connectivity index (χ3v) is 4.43. The number of hydrogen-bond acceptors (Lipinski definition) is 3. The van der Waals surface area contributed by atoms with Gasteiger partial charge in [-0.05, 0) is 32.4 Å². The highest BCUT2D eigenvalue weighted by Crippen LogP contribution is 2.39. The number of hydrogen-bond donors (Lipinski definition) is 2. The lowest BCUT2D eigenvalue weighted by Gasteiger charge is -2.37. The molecule has 0 saturated carbocycles. The molecule has 1 heterocycles. The summed E-state index contributed by atoms with van der Waals surface area (Å²) >= 11 is 6.34. The van der Waals surface area contributed by atoms with Crippen LogP contribution in [0.1, 0.15) is 38.8 Å². The summed E-state index contributed by atoms with van der Waals surface area (Å²) in [4.78, 5) is 13.7. The first-order valence-electron chi connectivity index (χ1n) is 6.41. The van der Waals surface area contributed by atoms with E-state index in [0.717, 1.165) is 23.4 Å². The van der Waals surface area contributed by atoms with Crippen molar-refractivity contribution in [3.63, 3.8) is 0 Å². The van der Waals surface area contributed by atoms with Crippen molar-refractivity contribution >= 4 is 28.9 Å². The van der Waals surface area contributed by atoms with Crippen LogP contribution in [0.2, 0.25) is 5.02 Å². The molecule has 1 unspecified atom stereocenters. The highest BCUT2D eigenvalue weighted by Gasteiger charge is 2.30. The average Bonchev–Trinajstić information content (AvgIpc) is 2.64. The van der Waals surface area contributed by atoms with E-state index >= 15 is 0 Å². The number of fused-ring (bicyclic) bond motifs is 1. The number of halogens is 1. The number of nitrogens with one attached hydrogen (secondary N) is 1. The SMILES string of the molecule is CCC(C)(C)N(C)c1cc2c(cc1Cl)C(N)C(=O)N2. The summed E-state index contributed by atoms with van der Waals surface area (Å²) in [6, 6.07) is 3.07. The quantitative estimate of drug-likeness (QED) is 0.896. The molecule has 0 bridgehead atoms. The first-order valence-corrected chi connectivity index (χ1v) is 6.79. The Bertz CT molecular complexity index is 528. The molecule has 0 fully saturated rings. The van der Waals surface area contributed by atoms with Gasteiger partial charge < -0.3 is 16.0 Å². The van der Waals surface area contributed by atoms with Gasteiger partial charge in [-0.1, -0.05) is 18.5 Å². The number of nitrogens with zero attached hydrogens (tertiary/aromatic N) is 1. The van der Waals surface area contributed by atoms with Gasteiger partial charge in [0.25, 0.3) is 0 Å². The molecule has 0 radical (unpaired) electrons. The van der Waals surface area contributed by atoms with E-state index in [1.807, 2.05) is 13.1 Å². The van der Waals surface area contributed by atoms with E-state index in [0.29, 0.717) is 5.02 Å². The zero-order chi connectivity index (χ0) is 14.4. The van der Waals surface area contributed by atoms with Crippen molar-refractivity contribution in [3.05, 3.63) is 22.7 Å². The number of rotatable bonds is 3. The number of nitrogens with two attached hydrogens (primary N) is 1. The van der Waals surface area contributed by atoms with E-state index < -0.39 is 6.04 Å². The van der Waals surface area contributed by atoms with Crippen LogP contribution < -0.4 is 16.0 Å². The Morgan fingerprint density at radius 2 is 2.11 bits per heavy atom. The molecular formula is C14H20ClN3O. The smallest absolute Gasteiger partial charge is 0.245 e. The standard InChI is InChI=1S/C14H20ClN3O/c1-5-14(2,3)18(4)11-7-10-8(6-9(11)15)12(16)13(19)17-10/h6-7,12H,5,16H2,1-4H3,(H,17,19). The highest BCUT2D eigenvalue weighted by atomic mass is 35.5. The van der Waals surface area contributed by atoms with Gasteiger partial charge >= 0.3 is 0 Å². The van der Waals surface area contributed by atoms with Gasteiger partial charge in [-0.15, -0.1) is 0 Å². The predicted octanol–water partition coefficient (Wildman–Crippen LogP) is 2.92. The van der Waals surface area contributed by atoms with Crippen LogP contribution in [-0.4, -0.2) is 18.5 Å². The van der Waals surface area contributed by atoms with Gasteiger partial charge in [-0.2, -0.15) is 0 Å². The van der Waals surface area contributed by atoms with Crippen LogP contribution in [0, 0.1) is 0 Å². The molecule has 1 amide bonds. The Hall–Kier alpha value is -1.26. The van der Waals surface area contributed by atoms with Crippen molar-refractivity contribution in [3.8, 4) is 0 Å². The second-order valence-corrected chi connectivity index (χ2v) is 5.99. The predicted molar refractivity (Wildman–Crippen MR) is 79.8 cm³/mol. The fourth-order valence-corrected chi connectivity index (χ4v) is 2.41. The maximum atomic E-state index is 11.6. The first kappa shape index (κ1) is 14.2. The minimum Gasteiger partial charge on any atom is -0.368 e. The lowest BCUT2D eigenvalue weighted by molar-refractivity contribution is -0.116. The van der Waals surface area contributed by atoms with E-state index in [2.05, 4.69) is 31.0 Å². The van der Waals surface area contributed by atoms with Gasteiger partial charge in [-0.3, -0.25) is 4.79 Å². The van der Waals surface area contributed by atoms with Crippen LogP contribution in [0.4, 0.5) is 11.4 Å². The monoisotopic (exact) mass is 281 g/mol. The molecule has 0 aliphatic carbocycles. The van der Waals surface area contributed by atoms with Gasteiger partial charge in [0.05, 0.1) is 10.7 Å². The molecule has 1 atom stereocenters. The molecule has 0 saturated heterocycles. The molecule has 1 aromatic carbocycles. The molecule has 0 aromatic heterocycles. The second kappa shape index (κ2) is 4.69. The molecule has 4 nitrogen and oxygen atoms in total. The Kier molecular flexibility index (Phi) is 3.49. The fourth-order valence-electron chi connectivity index (χ4n) is 2.11. The van der Waals surface area contributed by atoms with Crippen molar-refractivity contribution < 1.29 is 4.79 Å². The Balaban J connectivity index is 2.46. The summed E-state index contributed by atoms with van der Waals surface area (Å²) in [6.45, 7) is 6.44. The molecule has 1 aromatic rings. The Labute approximate surface area is 118 Å². The Morgan fingerprint density at radius 1 is 1.47 bits per heavy atom. The maximum Gasteiger partial charge on any atom is 0.245 e. The summed E-state index contributed by atoms with van der Waals surface area (Å²) < 4.78 is 0. The van der Waals surface area contributed by atoms with Crippen LogP contribution in [0.5, 0.6) is 0 Å². The normalized spacial score (nSPS) is 18.2. The van der Waals surface area contributed by atoms with Crippen LogP contribution in [0.25, 0.3) is 0 Å². The van der Waals surface area contributed by atoms with Crippen molar-refractivity contribution in [2.24, 2.45) is 5.73 Å². The molecule has 1 aliphatic rings. The minimum atomic E-state index is -0.619. The van der Waals surface area contributed by atoms with E-state index in [1.54, 1.807) is 6.07 Å². The number of amides is 1. The molecule has 104 valence electrons. The maximum absolute atomic E-state index is 11.6. The molecule has 0 spiro atoms. The van der Waals surface area contributed by atoms with Gasteiger partial charge in [-0.25, -0.2) is 0 Å². The Morgan fingerprint density at radius 3 is 2.68 bits per heavy atom. The first-order chi connectivity index (χ1) is 8.77. The largest absolute Gasteiger partial charge is 0.368 e. The number of benzene rings is 1. The van der Waals surface area contributed by atoms with E-state index in [4.69, 9.17) is 17.3 Å². The summed E-state index contributed by atoms with van der Waals surface area (Å²) in [5.74, 6) is -0.180. The lowest BCUT2D eigenvalue weighted by Crippen LogP contribution is -2.40. The summed E-state index contributed by atoms with van der Waals surface area (Å²) in [7, 11) is 2.01. The van der Waals surface area contributed by atoms with Crippen molar-refractivity contribution in [2.75, 3.05) is 17.3 Å². The van der Waals surface area contributed by atoms with Crippen LogP contribution in [-0.2, 0) is 4.79 Å². The van der Waals surface area contributed by atoms with Crippen LogP contribution >= 0.6 is 11.6 Å². The summed E-state index contributed by atoms with van der Waals surface area (Å²) in [5.41, 5.74) is 8.23. The van der Waals surface area contributed by atoms with Gasteiger partial charge in [0.15, 0.2) is 0 Å². The summed E-state index contributed by atoms with van der Waals surface area (Å²) in [6.07, 6.45) is 0.989. The zero-order valence-corrected chi connectivity index (χ0v) is 12.5. The number of anilines is 2. The fraction of sp³-hybridized carbons (Fsp3) is 0.500. The third kappa shape index (κ3) is 2.30. The third-order valence-electron chi connectivity index (χ3n) is 4.13. The van der Waals surface area contributed by atoms with E-state index in [-0.39, 0.29) is 11.4 Å². The van der Waals surface area contributed by atoms with Gasteiger partial charge in [0, 0.05) is 23.8 Å². The highest BCUT2D eigenvalue weighted by molar-refractivity contribution is 6.33. The lowest BCUT2D eigenvalue weighted by atomic mass is 9.98. The summed E-state index contributed by atoms with van der Waals surface area (Å²) in [5, 5.41) is 3.41. The molecule has 5 heteroatoms. The van der Waals surface area contributed by atoms with Crippen LogP contribution in [0.15, 0.2) is 12.1 Å². The second-order valence-electron chi connectivity index (χ2n) is 5.58. The molecule has 1 aliphatic heterocycles. The van der Waals surface area contributed by atoms with Crippen LogP contribution in [0.3, 0.4) is 0 Å². The van der Waals surface area contributed by atoms with E-state index in [1.165, 1.54) is 0 Å².